The quantitative estimate of drug-likeness (QED) is 0.281. The summed E-state index contributed by atoms with van der Waals surface area (Å²) in [5.41, 5.74) is 2.48. The number of H-pyrrole nitrogens is 1. The Bertz CT molecular complexity index is 629. The third kappa shape index (κ3) is 9.30. The molecule has 1 fully saturated rings. The molecule has 1 aromatic carbocycles. The van der Waals surface area contributed by atoms with Crippen molar-refractivity contribution in [2.75, 3.05) is 5.75 Å². The molecule has 0 bridgehead atoms. The summed E-state index contributed by atoms with van der Waals surface area (Å²) in [6, 6.07) is 11.1. The molecule has 0 atom stereocenters. The largest absolute Gasteiger partial charge is 0.362 e. The number of aromatic amines is 1. The fourth-order valence-corrected chi connectivity index (χ4v) is 4.04. The molecule has 0 spiro atoms. The molecule has 150 valence electrons. The van der Waals surface area contributed by atoms with Gasteiger partial charge in [0.25, 0.3) is 0 Å². The molecule has 1 heterocycles. The van der Waals surface area contributed by atoms with E-state index in [4.69, 9.17) is 4.99 Å². The van der Waals surface area contributed by atoms with Crippen molar-refractivity contribution in [3.63, 3.8) is 0 Å². The Kier molecular flexibility index (Phi) is 12.8. The van der Waals surface area contributed by atoms with Crippen LogP contribution in [0.5, 0.6) is 0 Å². The van der Waals surface area contributed by atoms with E-state index in [1.165, 1.54) is 43.4 Å². The van der Waals surface area contributed by atoms with Crippen LogP contribution in [0.1, 0.15) is 49.8 Å². The Morgan fingerprint density at radius 1 is 1.15 bits per heavy atom. The van der Waals surface area contributed by atoms with E-state index in [-0.39, 0.29) is 34.0 Å². The maximum absolute atomic E-state index is 4.87. The highest BCUT2D eigenvalue weighted by Crippen LogP contribution is 2.19. The van der Waals surface area contributed by atoms with Gasteiger partial charge in [0.05, 0.1) is 12.9 Å². The van der Waals surface area contributed by atoms with Gasteiger partial charge >= 0.3 is 0 Å². The number of thioether (sulfide) groups is 1. The SMILES string of the molecule is Br.Br.c1ccc(CN=C(NC2CCCCC2)SCCCc2cnc[nH]2)cc1. The van der Waals surface area contributed by atoms with Crippen molar-refractivity contribution in [2.24, 2.45) is 4.99 Å². The maximum Gasteiger partial charge on any atom is 0.157 e. The summed E-state index contributed by atoms with van der Waals surface area (Å²) in [7, 11) is 0. The zero-order valence-corrected chi connectivity index (χ0v) is 19.8. The number of halogens is 2. The Hall–Kier alpha value is -0.790. The van der Waals surface area contributed by atoms with Crippen molar-refractivity contribution in [2.45, 2.75) is 57.5 Å². The standard InChI is InChI=1S/C20H28N4S.2BrH/c1-3-8-17(9-4-1)14-22-20(24-18-10-5-2-6-11-18)25-13-7-12-19-15-21-16-23-19;;/h1,3-4,8-9,15-16,18H,2,5-7,10-14H2,(H,21,23)(H,22,24);2*1H. The first-order chi connectivity index (χ1) is 12.4. The zero-order chi connectivity index (χ0) is 17.2. The van der Waals surface area contributed by atoms with Crippen LogP contribution in [-0.4, -0.2) is 26.9 Å². The highest BCUT2D eigenvalue weighted by Gasteiger charge is 2.15. The monoisotopic (exact) mass is 516 g/mol. The van der Waals surface area contributed by atoms with E-state index in [1.807, 2.05) is 18.0 Å². The van der Waals surface area contributed by atoms with Gasteiger partial charge in [-0.1, -0.05) is 61.4 Å². The summed E-state index contributed by atoms with van der Waals surface area (Å²) in [5, 5.41) is 4.82. The van der Waals surface area contributed by atoms with E-state index in [2.05, 4.69) is 45.6 Å². The van der Waals surface area contributed by atoms with Crippen LogP contribution < -0.4 is 5.32 Å². The number of benzene rings is 1. The second-order valence-corrected chi connectivity index (χ2v) is 7.70. The highest BCUT2D eigenvalue weighted by atomic mass is 79.9. The zero-order valence-electron chi connectivity index (χ0n) is 15.6. The van der Waals surface area contributed by atoms with E-state index >= 15 is 0 Å². The van der Waals surface area contributed by atoms with Crippen LogP contribution in [0.25, 0.3) is 0 Å². The molecule has 0 unspecified atom stereocenters. The molecule has 2 aromatic rings. The Balaban J connectivity index is 0.00000182. The molecule has 0 radical (unpaired) electrons. The van der Waals surface area contributed by atoms with Gasteiger partial charge in [0.2, 0.25) is 0 Å². The van der Waals surface area contributed by atoms with Crippen molar-refractivity contribution in [1.82, 2.24) is 15.3 Å². The van der Waals surface area contributed by atoms with Gasteiger partial charge in [-0.05, 0) is 31.2 Å². The topological polar surface area (TPSA) is 53.1 Å². The van der Waals surface area contributed by atoms with Crippen molar-refractivity contribution in [3.05, 3.63) is 54.1 Å². The fraction of sp³-hybridized carbons (Fsp3) is 0.500. The average Bonchev–Trinajstić information content (AvgIpc) is 3.18. The van der Waals surface area contributed by atoms with Gasteiger partial charge in [0.15, 0.2) is 5.17 Å². The average molecular weight is 518 g/mol. The Morgan fingerprint density at radius 2 is 1.93 bits per heavy atom. The van der Waals surface area contributed by atoms with E-state index in [1.54, 1.807) is 6.33 Å². The van der Waals surface area contributed by atoms with Crippen LogP contribution in [0.3, 0.4) is 0 Å². The van der Waals surface area contributed by atoms with Crippen molar-refractivity contribution >= 4 is 50.9 Å². The van der Waals surface area contributed by atoms with Gasteiger partial charge in [-0.25, -0.2) is 4.98 Å². The van der Waals surface area contributed by atoms with Crippen molar-refractivity contribution in [3.8, 4) is 0 Å². The number of nitrogens with zero attached hydrogens (tertiary/aromatic N) is 2. The number of amidine groups is 1. The summed E-state index contributed by atoms with van der Waals surface area (Å²) in [6.45, 7) is 0.753. The molecular formula is C20H30Br2N4S. The predicted octanol–water partition coefficient (Wildman–Crippen LogP) is 5.71. The minimum atomic E-state index is 0. The number of hydrogen-bond acceptors (Lipinski definition) is 3. The summed E-state index contributed by atoms with van der Waals surface area (Å²) in [6.07, 6.45) is 12.5. The number of nitrogens with one attached hydrogen (secondary N) is 2. The normalized spacial score (nSPS) is 14.9. The lowest BCUT2D eigenvalue weighted by atomic mass is 9.96. The molecule has 1 aliphatic rings. The van der Waals surface area contributed by atoms with Crippen molar-refractivity contribution < 1.29 is 0 Å². The Labute approximate surface area is 188 Å². The molecule has 2 N–H and O–H groups in total. The number of rotatable bonds is 7. The number of hydrogen-bond donors (Lipinski definition) is 2. The lowest BCUT2D eigenvalue weighted by molar-refractivity contribution is 0.415. The van der Waals surface area contributed by atoms with Gasteiger partial charge in [0.1, 0.15) is 0 Å². The summed E-state index contributed by atoms with van der Waals surface area (Å²) in [4.78, 5) is 12.1. The minimum absolute atomic E-state index is 0. The molecule has 0 aliphatic heterocycles. The minimum Gasteiger partial charge on any atom is -0.362 e. The van der Waals surface area contributed by atoms with E-state index in [9.17, 15) is 0 Å². The molecule has 0 saturated heterocycles. The molecule has 0 amide bonds. The van der Waals surface area contributed by atoms with Crippen LogP contribution >= 0.6 is 45.7 Å². The highest BCUT2D eigenvalue weighted by molar-refractivity contribution is 8.93. The maximum atomic E-state index is 4.87. The first-order valence-corrected chi connectivity index (χ1v) is 10.3. The first kappa shape index (κ1) is 24.2. The molecule has 27 heavy (non-hydrogen) atoms. The molecule has 4 nitrogen and oxygen atoms in total. The first-order valence-electron chi connectivity index (χ1n) is 9.35. The van der Waals surface area contributed by atoms with Gasteiger partial charge in [-0.2, -0.15) is 0 Å². The second-order valence-electron chi connectivity index (χ2n) is 6.62. The van der Waals surface area contributed by atoms with Crippen LogP contribution in [0, 0.1) is 0 Å². The van der Waals surface area contributed by atoms with Crippen molar-refractivity contribution in [1.29, 1.82) is 0 Å². The molecule has 1 aliphatic carbocycles. The fourth-order valence-electron chi connectivity index (χ4n) is 3.15. The predicted molar refractivity (Wildman–Crippen MR) is 128 cm³/mol. The summed E-state index contributed by atoms with van der Waals surface area (Å²) >= 11 is 1.86. The van der Waals surface area contributed by atoms with Gasteiger partial charge in [-0.3, -0.25) is 4.99 Å². The number of aliphatic imine (C=N–C) groups is 1. The van der Waals surface area contributed by atoms with E-state index in [0.29, 0.717) is 6.04 Å². The number of aromatic nitrogens is 2. The lowest BCUT2D eigenvalue weighted by Gasteiger charge is -2.24. The summed E-state index contributed by atoms with van der Waals surface area (Å²) < 4.78 is 0. The molecule has 7 heteroatoms. The molecular weight excluding hydrogens is 488 g/mol. The van der Waals surface area contributed by atoms with Crippen LogP contribution in [0.2, 0.25) is 0 Å². The van der Waals surface area contributed by atoms with Gasteiger partial charge in [-0.15, -0.1) is 34.0 Å². The van der Waals surface area contributed by atoms with Crippen LogP contribution in [-0.2, 0) is 13.0 Å². The molecule has 1 aromatic heterocycles. The molecule has 1 saturated carbocycles. The number of imidazole rings is 1. The van der Waals surface area contributed by atoms with Crippen LogP contribution in [0.4, 0.5) is 0 Å². The number of aryl methyl sites for hydroxylation is 1. The molecule has 3 rings (SSSR count). The Morgan fingerprint density at radius 3 is 2.63 bits per heavy atom. The van der Waals surface area contributed by atoms with E-state index in [0.717, 1.165) is 30.3 Å². The third-order valence-electron chi connectivity index (χ3n) is 4.56. The van der Waals surface area contributed by atoms with Gasteiger partial charge in [0, 0.05) is 23.7 Å². The smallest absolute Gasteiger partial charge is 0.157 e. The van der Waals surface area contributed by atoms with Gasteiger partial charge < -0.3 is 10.3 Å². The third-order valence-corrected chi connectivity index (χ3v) is 5.58. The summed E-state index contributed by atoms with van der Waals surface area (Å²) in [5.74, 6) is 1.08. The lowest BCUT2D eigenvalue weighted by Crippen LogP contribution is -2.35. The second kappa shape index (κ2) is 14.2. The van der Waals surface area contributed by atoms with Crippen LogP contribution in [0.15, 0.2) is 47.8 Å². The van der Waals surface area contributed by atoms with E-state index < -0.39 is 0 Å².